The molecular formula is C15H18O3. The van der Waals surface area contributed by atoms with Gasteiger partial charge in [-0.3, -0.25) is 4.79 Å². The van der Waals surface area contributed by atoms with Crippen molar-refractivity contribution in [1.29, 1.82) is 0 Å². The van der Waals surface area contributed by atoms with Crippen LogP contribution in [0.25, 0.3) is 0 Å². The summed E-state index contributed by atoms with van der Waals surface area (Å²) in [6.45, 7) is 10.1. The summed E-state index contributed by atoms with van der Waals surface area (Å²) in [6, 6.07) is 3.84. The summed E-state index contributed by atoms with van der Waals surface area (Å²) < 4.78 is 10.9. The molecule has 0 N–H and O–H groups in total. The van der Waals surface area contributed by atoms with Gasteiger partial charge in [0.2, 0.25) is 0 Å². The Morgan fingerprint density at radius 1 is 1.50 bits per heavy atom. The number of fused-ring (bicyclic) bond motifs is 1. The lowest BCUT2D eigenvalue weighted by Crippen LogP contribution is -2.30. The number of carbonyl (C=O) groups is 1. The number of hydrogen-bond acceptors (Lipinski definition) is 3. The molecule has 0 atom stereocenters. The first kappa shape index (κ1) is 12.7. The van der Waals surface area contributed by atoms with Crippen molar-refractivity contribution in [3.05, 3.63) is 35.9 Å². The number of benzene rings is 1. The zero-order valence-electron chi connectivity index (χ0n) is 11.1. The van der Waals surface area contributed by atoms with Crippen molar-refractivity contribution in [2.24, 2.45) is 0 Å². The summed E-state index contributed by atoms with van der Waals surface area (Å²) in [5.41, 5.74) is 1.76. The van der Waals surface area contributed by atoms with Crippen molar-refractivity contribution in [2.75, 3.05) is 6.61 Å². The van der Waals surface area contributed by atoms with Gasteiger partial charge in [0.15, 0.2) is 0 Å². The molecule has 2 rings (SSSR count). The lowest BCUT2D eigenvalue weighted by molar-refractivity contribution is -0.136. The minimum absolute atomic E-state index is 0.174. The lowest BCUT2D eigenvalue weighted by Gasteiger charge is -2.31. The quantitative estimate of drug-likeness (QED) is 0.467. The molecule has 18 heavy (non-hydrogen) atoms. The molecule has 0 aromatic heterocycles. The molecule has 1 aliphatic rings. The van der Waals surface area contributed by atoms with E-state index in [2.05, 4.69) is 6.58 Å². The fourth-order valence-corrected chi connectivity index (χ4v) is 2.19. The highest BCUT2D eigenvalue weighted by Gasteiger charge is 2.34. The summed E-state index contributed by atoms with van der Waals surface area (Å²) in [4.78, 5) is 11.5. The van der Waals surface area contributed by atoms with E-state index in [4.69, 9.17) is 9.47 Å². The van der Waals surface area contributed by atoms with Gasteiger partial charge in [-0.15, -0.1) is 0 Å². The van der Waals surface area contributed by atoms with Crippen molar-refractivity contribution in [3.8, 4) is 11.5 Å². The van der Waals surface area contributed by atoms with Gasteiger partial charge in [-0.1, -0.05) is 26.5 Å². The Morgan fingerprint density at radius 3 is 2.89 bits per heavy atom. The van der Waals surface area contributed by atoms with Gasteiger partial charge >= 0.3 is 5.97 Å². The van der Waals surface area contributed by atoms with Crippen molar-refractivity contribution >= 4 is 5.97 Å². The van der Waals surface area contributed by atoms with Crippen LogP contribution in [-0.4, -0.2) is 12.6 Å². The summed E-state index contributed by atoms with van der Waals surface area (Å²) in [7, 11) is 0. The van der Waals surface area contributed by atoms with Crippen LogP contribution in [0.1, 0.15) is 31.4 Å². The molecule has 0 unspecified atom stereocenters. The third-order valence-electron chi connectivity index (χ3n) is 3.17. The molecular weight excluding hydrogens is 228 g/mol. The van der Waals surface area contributed by atoms with Crippen molar-refractivity contribution in [3.63, 3.8) is 0 Å². The maximum atomic E-state index is 11.5. The molecule has 0 spiro atoms. The first-order chi connectivity index (χ1) is 8.44. The second-order valence-electron chi connectivity index (χ2n) is 5.25. The van der Waals surface area contributed by atoms with E-state index < -0.39 is 0 Å². The van der Waals surface area contributed by atoms with Crippen LogP contribution in [0.4, 0.5) is 0 Å². The Labute approximate surface area is 107 Å². The molecule has 0 radical (unpaired) electrons. The van der Waals surface area contributed by atoms with E-state index in [9.17, 15) is 4.79 Å². The van der Waals surface area contributed by atoms with E-state index in [1.807, 2.05) is 32.9 Å². The molecule has 96 valence electrons. The number of aryl methyl sites for hydroxylation is 1. The summed E-state index contributed by atoms with van der Waals surface area (Å²) in [5, 5.41) is 0. The average molecular weight is 246 g/mol. The third kappa shape index (κ3) is 2.26. The van der Waals surface area contributed by atoms with E-state index in [0.717, 1.165) is 16.9 Å². The van der Waals surface area contributed by atoms with E-state index in [0.29, 0.717) is 18.8 Å². The first-order valence-electron chi connectivity index (χ1n) is 6.03. The van der Waals surface area contributed by atoms with E-state index in [1.165, 1.54) is 0 Å². The summed E-state index contributed by atoms with van der Waals surface area (Å²) in [6.07, 6.45) is 2.11. The van der Waals surface area contributed by atoms with E-state index in [-0.39, 0.29) is 11.4 Å². The monoisotopic (exact) mass is 246 g/mol. The molecule has 0 amide bonds. The van der Waals surface area contributed by atoms with Gasteiger partial charge < -0.3 is 9.47 Å². The van der Waals surface area contributed by atoms with E-state index >= 15 is 0 Å². The molecule has 3 nitrogen and oxygen atoms in total. The maximum absolute atomic E-state index is 11.5. The van der Waals surface area contributed by atoms with Gasteiger partial charge in [0.05, 0.1) is 6.42 Å². The molecule has 1 aliphatic heterocycles. The zero-order valence-corrected chi connectivity index (χ0v) is 11.1. The Hall–Kier alpha value is -1.77. The van der Waals surface area contributed by atoms with Gasteiger partial charge in [-0.05, 0) is 24.6 Å². The second kappa shape index (κ2) is 4.48. The van der Waals surface area contributed by atoms with Crippen LogP contribution in [0, 0.1) is 6.92 Å². The highest BCUT2D eigenvalue weighted by atomic mass is 16.5. The topological polar surface area (TPSA) is 35.5 Å². The van der Waals surface area contributed by atoms with E-state index in [1.54, 1.807) is 6.08 Å². The fraction of sp³-hybridized carbons (Fsp3) is 0.400. The van der Waals surface area contributed by atoms with Gasteiger partial charge in [0.1, 0.15) is 18.1 Å². The van der Waals surface area contributed by atoms with Crippen LogP contribution in [0.5, 0.6) is 11.5 Å². The smallest absolute Gasteiger partial charge is 0.312 e. The number of ether oxygens (including phenoxy) is 2. The highest BCUT2D eigenvalue weighted by molar-refractivity contribution is 5.78. The molecule has 0 fully saturated rings. The number of rotatable bonds is 3. The third-order valence-corrected chi connectivity index (χ3v) is 3.17. The van der Waals surface area contributed by atoms with Crippen molar-refractivity contribution in [1.82, 2.24) is 0 Å². The highest BCUT2D eigenvalue weighted by Crippen LogP contribution is 2.42. The van der Waals surface area contributed by atoms with Crippen molar-refractivity contribution < 1.29 is 14.3 Å². The molecule has 0 aliphatic carbocycles. The largest absolute Gasteiger partial charge is 0.489 e. The van der Waals surface area contributed by atoms with Crippen LogP contribution < -0.4 is 9.47 Å². The van der Waals surface area contributed by atoms with Crippen LogP contribution in [0.3, 0.4) is 0 Å². The molecule has 1 aromatic carbocycles. The summed E-state index contributed by atoms with van der Waals surface area (Å²) in [5.74, 6) is 1.30. The van der Waals surface area contributed by atoms with Crippen LogP contribution in [0.2, 0.25) is 0 Å². The normalized spacial score (nSPS) is 16.7. The summed E-state index contributed by atoms with van der Waals surface area (Å²) >= 11 is 0. The van der Waals surface area contributed by atoms with Gasteiger partial charge in [-0.2, -0.15) is 0 Å². The minimum atomic E-state index is -0.218. The molecule has 0 bridgehead atoms. The minimum Gasteiger partial charge on any atom is -0.489 e. The number of carbonyl (C=O) groups excluding carboxylic acids is 1. The van der Waals surface area contributed by atoms with Gasteiger partial charge in [-0.25, -0.2) is 0 Å². The zero-order chi connectivity index (χ0) is 13.3. The average Bonchev–Trinajstić information content (AvgIpc) is 2.25. The Kier molecular flexibility index (Phi) is 3.16. The molecule has 1 aromatic rings. The standard InChI is InChI=1S/C15H18O3/c1-5-6-17-12-8-11-13(7-10(12)2)18-14(16)9-15(11,3)4/h5,7-8H,1,6,9H2,2-4H3. The Bertz CT molecular complexity index is 501. The SMILES string of the molecule is C=CCOc1cc2c(cc1C)OC(=O)CC2(C)C. The first-order valence-corrected chi connectivity index (χ1v) is 6.03. The van der Waals surface area contributed by atoms with Crippen LogP contribution in [-0.2, 0) is 10.2 Å². The van der Waals surface area contributed by atoms with Gasteiger partial charge in [0, 0.05) is 11.0 Å². The predicted octanol–water partition coefficient (Wildman–Crippen LogP) is 3.15. The number of esters is 1. The van der Waals surface area contributed by atoms with Crippen LogP contribution >= 0.6 is 0 Å². The van der Waals surface area contributed by atoms with Crippen molar-refractivity contribution in [2.45, 2.75) is 32.6 Å². The second-order valence-corrected chi connectivity index (χ2v) is 5.25. The predicted molar refractivity (Wildman–Crippen MR) is 70.1 cm³/mol. The molecule has 3 heteroatoms. The van der Waals surface area contributed by atoms with Crippen LogP contribution in [0.15, 0.2) is 24.8 Å². The molecule has 0 saturated heterocycles. The lowest BCUT2D eigenvalue weighted by atomic mass is 9.79. The maximum Gasteiger partial charge on any atom is 0.312 e. The Morgan fingerprint density at radius 2 is 2.22 bits per heavy atom. The fourth-order valence-electron chi connectivity index (χ4n) is 2.19. The molecule has 0 saturated carbocycles. The molecule has 1 heterocycles. The van der Waals surface area contributed by atoms with Gasteiger partial charge in [0.25, 0.3) is 0 Å². The number of hydrogen-bond donors (Lipinski definition) is 0. The Balaban J connectivity index is 2.46.